The Bertz CT molecular complexity index is 250. The molecule has 1 aliphatic rings. The standard InChI is InChI=1S/C8H14N2O3/c1-8(2)9(3)6(11)5-10(8)7(12)13-4/h5H2,1-4H3. The van der Waals surface area contributed by atoms with Gasteiger partial charge in [-0.15, -0.1) is 0 Å². The average Bonchev–Trinajstić information content (AvgIpc) is 2.28. The molecule has 0 aromatic carbocycles. The average molecular weight is 186 g/mol. The zero-order valence-corrected chi connectivity index (χ0v) is 8.33. The minimum atomic E-state index is -0.593. The molecule has 0 radical (unpaired) electrons. The highest BCUT2D eigenvalue weighted by molar-refractivity contribution is 5.86. The van der Waals surface area contributed by atoms with Gasteiger partial charge in [-0.25, -0.2) is 4.79 Å². The Kier molecular flexibility index (Phi) is 2.19. The summed E-state index contributed by atoms with van der Waals surface area (Å²) in [6.45, 7) is 3.69. The number of methoxy groups -OCH3 is 1. The minimum absolute atomic E-state index is 0.0737. The van der Waals surface area contributed by atoms with Crippen LogP contribution in [0.2, 0.25) is 0 Å². The van der Waals surface area contributed by atoms with Crippen molar-refractivity contribution in [2.24, 2.45) is 0 Å². The van der Waals surface area contributed by atoms with Crippen molar-refractivity contribution in [1.29, 1.82) is 0 Å². The second-order valence-electron chi connectivity index (χ2n) is 3.50. The van der Waals surface area contributed by atoms with Gasteiger partial charge in [0.15, 0.2) is 0 Å². The molecule has 13 heavy (non-hydrogen) atoms. The summed E-state index contributed by atoms with van der Waals surface area (Å²) >= 11 is 0. The molecule has 2 amide bonds. The highest BCUT2D eigenvalue weighted by Gasteiger charge is 2.45. The summed E-state index contributed by atoms with van der Waals surface area (Å²) in [5, 5.41) is 0. The van der Waals surface area contributed by atoms with Crippen molar-refractivity contribution >= 4 is 12.0 Å². The number of ether oxygens (including phenoxy) is 1. The van der Waals surface area contributed by atoms with Crippen molar-refractivity contribution in [2.75, 3.05) is 20.7 Å². The van der Waals surface area contributed by atoms with E-state index in [0.717, 1.165) is 0 Å². The van der Waals surface area contributed by atoms with Crippen LogP contribution in [0.25, 0.3) is 0 Å². The molecule has 1 saturated heterocycles. The summed E-state index contributed by atoms with van der Waals surface area (Å²) in [5.41, 5.74) is -0.593. The number of nitrogens with zero attached hydrogens (tertiary/aromatic N) is 2. The quantitative estimate of drug-likeness (QED) is 0.545. The second-order valence-corrected chi connectivity index (χ2v) is 3.50. The Hall–Kier alpha value is -1.26. The van der Waals surface area contributed by atoms with Gasteiger partial charge < -0.3 is 9.64 Å². The summed E-state index contributed by atoms with van der Waals surface area (Å²) in [6.07, 6.45) is -0.470. The summed E-state index contributed by atoms with van der Waals surface area (Å²) in [4.78, 5) is 25.5. The van der Waals surface area contributed by atoms with Crippen LogP contribution in [0.4, 0.5) is 4.79 Å². The van der Waals surface area contributed by atoms with Crippen molar-refractivity contribution in [3.63, 3.8) is 0 Å². The number of likely N-dealkylation sites (N-methyl/N-ethyl adjacent to an activating group) is 1. The fourth-order valence-electron chi connectivity index (χ4n) is 1.32. The van der Waals surface area contributed by atoms with Crippen molar-refractivity contribution in [3.05, 3.63) is 0 Å². The van der Waals surface area contributed by atoms with E-state index in [-0.39, 0.29) is 12.5 Å². The lowest BCUT2D eigenvalue weighted by atomic mass is 10.2. The summed E-state index contributed by atoms with van der Waals surface area (Å²) in [5.74, 6) is -0.0737. The predicted molar refractivity (Wildman–Crippen MR) is 46.0 cm³/mol. The topological polar surface area (TPSA) is 49.9 Å². The second kappa shape index (κ2) is 2.90. The molecule has 5 nitrogen and oxygen atoms in total. The number of hydrogen-bond acceptors (Lipinski definition) is 3. The van der Waals surface area contributed by atoms with E-state index in [1.165, 1.54) is 16.9 Å². The molecule has 1 rings (SSSR count). The highest BCUT2D eigenvalue weighted by atomic mass is 16.5. The predicted octanol–water partition coefficient (Wildman–Crippen LogP) is 0.263. The monoisotopic (exact) mass is 186 g/mol. The normalized spacial score (nSPS) is 20.8. The molecule has 0 spiro atoms. The molecular weight excluding hydrogens is 172 g/mol. The Balaban J connectivity index is 2.90. The Morgan fingerprint density at radius 2 is 2.08 bits per heavy atom. The van der Waals surface area contributed by atoms with Crippen molar-refractivity contribution < 1.29 is 14.3 Å². The lowest BCUT2D eigenvalue weighted by molar-refractivity contribution is -0.128. The summed E-state index contributed by atoms with van der Waals surface area (Å²) < 4.78 is 4.57. The Morgan fingerprint density at radius 1 is 1.54 bits per heavy atom. The van der Waals surface area contributed by atoms with Crippen LogP contribution in [-0.2, 0) is 9.53 Å². The number of carbonyl (C=O) groups excluding carboxylic acids is 2. The van der Waals surface area contributed by atoms with E-state index in [4.69, 9.17) is 0 Å². The number of rotatable bonds is 0. The number of amides is 2. The van der Waals surface area contributed by atoms with E-state index < -0.39 is 11.8 Å². The van der Waals surface area contributed by atoms with Crippen LogP contribution in [0.1, 0.15) is 13.8 Å². The van der Waals surface area contributed by atoms with Gasteiger partial charge in [0.05, 0.1) is 7.11 Å². The molecule has 0 saturated carbocycles. The maximum absolute atomic E-state index is 11.3. The van der Waals surface area contributed by atoms with Gasteiger partial charge in [0.25, 0.3) is 0 Å². The van der Waals surface area contributed by atoms with Gasteiger partial charge in [-0.05, 0) is 13.8 Å². The SMILES string of the molecule is COC(=O)N1CC(=O)N(C)C1(C)C. The lowest BCUT2D eigenvalue weighted by Gasteiger charge is -2.34. The van der Waals surface area contributed by atoms with E-state index in [0.29, 0.717) is 0 Å². The van der Waals surface area contributed by atoms with Crippen LogP contribution < -0.4 is 0 Å². The molecule has 1 fully saturated rings. The first kappa shape index (κ1) is 9.83. The molecular formula is C8H14N2O3. The Labute approximate surface area is 77.2 Å². The van der Waals surface area contributed by atoms with Crippen LogP contribution >= 0.6 is 0 Å². The molecule has 0 atom stereocenters. The molecule has 0 bridgehead atoms. The minimum Gasteiger partial charge on any atom is -0.453 e. The first-order chi connectivity index (χ1) is 5.91. The van der Waals surface area contributed by atoms with Gasteiger partial charge in [-0.2, -0.15) is 0 Å². The van der Waals surface area contributed by atoms with Gasteiger partial charge in [0.1, 0.15) is 12.2 Å². The zero-order chi connectivity index (χ0) is 10.2. The molecule has 0 unspecified atom stereocenters. The number of carbonyl (C=O) groups is 2. The largest absolute Gasteiger partial charge is 0.453 e. The van der Waals surface area contributed by atoms with Gasteiger partial charge in [-0.3, -0.25) is 9.69 Å². The van der Waals surface area contributed by atoms with E-state index in [1.807, 2.05) is 0 Å². The number of hydrogen-bond donors (Lipinski definition) is 0. The summed E-state index contributed by atoms with van der Waals surface area (Å²) in [7, 11) is 2.98. The zero-order valence-electron chi connectivity index (χ0n) is 8.33. The van der Waals surface area contributed by atoms with Crippen LogP contribution in [0.3, 0.4) is 0 Å². The van der Waals surface area contributed by atoms with Crippen LogP contribution in [-0.4, -0.2) is 48.2 Å². The molecule has 74 valence electrons. The van der Waals surface area contributed by atoms with Crippen molar-refractivity contribution in [3.8, 4) is 0 Å². The van der Waals surface area contributed by atoms with Crippen molar-refractivity contribution in [2.45, 2.75) is 19.5 Å². The van der Waals surface area contributed by atoms with E-state index in [9.17, 15) is 9.59 Å². The molecule has 0 aliphatic carbocycles. The fraction of sp³-hybridized carbons (Fsp3) is 0.750. The molecule has 1 heterocycles. The van der Waals surface area contributed by atoms with Crippen molar-refractivity contribution in [1.82, 2.24) is 9.80 Å². The smallest absolute Gasteiger partial charge is 0.411 e. The van der Waals surface area contributed by atoms with Gasteiger partial charge in [0.2, 0.25) is 5.91 Å². The maximum Gasteiger partial charge on any atom is 0.411 e. The third kappa shape index (κ3) is 1.34. The summed E-state index contributed by atoms with van der Waals surface area (Å²) in [6, 6.07) is 0. The van der Waals surface area contributed by atoms with Crippen LogP contribution in [0.5, 0.6) is 0 Å². The molecule has 0 aromatic rings. The third-order valence-electron chi connectivity index (χ3n) is 2.54. The van der Waals surface area contributed by atoms with Crippen LogP contribution in [0, 0.1) is 0 Å². The fourth-order valence-corrected chi connectivity index (χ4v) is 1.32. The lowest BCUT2D eigenvalue weighted by Crippen LogP contribution is -2.49. The maximum atomic E-state index is 11.3. The van der Waals surface area contributed by atoms with E-state index in [2.05, 4.69) is 4.74 Å². The molecule has 5 heteroatoms. The van der Waals surface area contributed by atoms with Crippen LogP contribution in [0.15, 0.2) is 0 Å². The van der Waals surface area contributed by atoms with E-state index >= 15 is 0 Å². The molecule has 0 aromatic heterocycles. The first-order valence-electron chi connectivity index (χ1n) is 4.03. The third-order valence-corrected chi connectivity index (χ3v) is 2.54. The van der Waals surface area contributed by atoms with Gasteiger partial charge in [0, 0.05) is 7.05 Å². The highest BCUT2D eigenvalue weighted by Crippen LogP contribution is 2.25. The Morgan fingerprint density at radius 3 is 2.38 bits per heavy atom. The first-order valence-corrected chi connectivity index (χ1v) is 4.03. The van der Waals surface area contributed by atoms with Gasteiger partial charge >= 0.3 is 6.09 Å². The molecule has 1 aliphatic heterocycles. The van der Waals surface area contributed by atoms with Gasteiger partial charge in [-0.1, -0.05) is 0 Å². The molecule has 0 N–H and O–H groups in total. The van der Waals surface area contributed by atoms with E-state index in [1.54, 1.807) is 20.9 Å².